The molecule has 1 aliphatic heterocycles. The Morgan fingerprint density at radius 2 is 1.62 bits per heavy atom. The van der Waals surface area contributed by atoms with Gasteiger partial charge in [-0.2, -0.15) is 9.78 Å². The lowest BCUT2D eigenvalue weighted by Gasteiger charge is -2.22. The van der Waals surface area contributed by atoms with Crippen molar-refractivity contribution in [2.24, 2.45) is 12.8 Å². The molecule has 2 aromatic heterocycles. The second-order valence-electron chi connectivity index (χ2n) is 9.61. The molecule has 4 aromatic rings. The predicted octanol–water partition coefficient (Wildman–Crippen LogP) is 4.17. The number of nitrogens with two attached hydrogens (primary N) is 1. The van der Waals surface area contributed by atoms with Crippen molar-refractivity contribution in [1.29, 1.82) is 0 Å². The lowest BCUT2D eigenvalue weighted by molar-refractivity contribution is 0.102. The molecule has 3 N–H and O–H groups in total. The molecule has 1 amide bonds. The van der Waals surface area contributed by atoms with E-state index in [1.165, 1.54) is 32.5 Å². The van der Waals surface area contributed by atoms with Crippen LogP contribution in [0.25, 0.3) is 16.7 Å². The number of nitrogens with zero attached hydrogens (tertiary/aromatic N) is 5. The number of imidazole rings is 1. The number of hydrogen-bond donors (Lipinski definition) is 2. The predicted molar refractivity (Wildman–Crippen MR) is 144 cm³/mol. The van der Waals surface area contributed by atoms with Crippen LogP contribution in [0.5, 0.6) is 0 Å². The van der Waals surface area contributed by atoms with Gasteiger partial charge in [0, 0.05) is 32.3 Å². The maximum absolute atomic E-state index is 15.4. The van der Waals surface area contributed by atoms with Gasteiger partial charge in [-0.25, -0.2) is 22.5 Å². The van der Waals surface area contributed by atoms with Crippen LogP contribution in [0.15, 0.2) is 41.2 Å². The van der Waals surface area contributed by atoms with Crippen LogP contribution in [-0.4, -0.2) is 45.4 Å². The van der Waals surface area contributed by atoms with Crippen molar-refractivity contribution in [3.63, 3.8) is 0 Å². The third-order valence-electron chi connectivity index (χ3n) is 6.46. The normalized spacial score (nSPS) is 13.4. The molecule has 0 aliphatic carbocycles. The Hall–Kier alpha value is -4.26. The molecule has 2 aromatic carbocycles. The molecule has 0 atom stereocenters. The summed E-state index contributed by atoms with van der Waals surface area (Å²) in [4.78, 5) is 31.9. The monoisotopic (exact) mass is 559 g/mol. The number of carbonyl (C=O) groups excluding carboxylic acids is 1. The third kappa shape index (κ3) is 5.16. The molecule has 0 unspecified atom stereocenters. The van der Waals surface area contributed by atoms with E-state index >= 15 is 4.39 Å². The van der Waals surface area contributed by atoms with Crippen molar-refractivity contribution < 1.29 is 22.4 Å². The number of hydrogen-bond acceptors (Lipinski definition) is 6. The van der Waals surface area contributed by atoms with Crippen LogP contribution in [0.2, 0.25) is 0 Å². The first-order valence-corrected chi connectivity index (χ1v) is 12.5. The van der Waals surface area contributed by atoms with Crippen molar-refractivity contribution in [1.82, 2.24) is 19.3 Å². The Labute approximate surface area is 227 Å². The smallest absolute Gasteiger partial charge is 0.276 e. The van der Waals surface area contributed by atoms with Gasteiger partial charge in [0.2, 0.25) is 0 Å². The van der Waals surface area contributed by atoms with E-state index in [0.717, 1.165) is 49.2 Å². The zero-order valence-corrected chi connectivity index (χ0v) is 22.4. The van der Waals surface area contributed by atoms with Gasteiger partial charge in [-0.3, -0.25) is 9.59 Å². The van der Waals surface area contributed by atoms with Crippen molar-refractivity contribution >= 4 is 28.3 Å². The molecular weight excluding hydrogens is 530 g/mol. The topological polar surface area (TPSA) is 111 Å². The van der Waals surface area contributed by atoms with Gasteiger partial charge < -0.3 is 20.5 Å². The number of benzene rings is 2. The molecule has 0 spiro atoms. The van der Waals surface area contributed by atoms with Gasteiger partial charge >= 0.3 is 0 Å². The van der Waals surface area contributed by atoms with E-state index in [1.807, 2.05) is 4.90 Å². The first kappa shape index (κ1) is 28.7. The average Bonchev–Trinajstić information content (AvgIpc) is 3.55. The van der Waals surface area contributed by atoms with Gasteiger partial charge in [0.1, 0.15) is 28.2 Å². The van der Waals surface area contributed by atoms with Crippen molar-refractivity contribution in [2.75, 3.05) is 30.4 Å². The van der Waals surface area contributed by atoms with E-state index < -0.39 is 40.3 Å². The van der Waals surface area contributed by atoms with Crippen molar-refractivity contribution in [3.05, 3.63) is 75.7 Å². The Bertz CT molecular complexity index is 1620. The minimum absolute atomic E-state index is 0.0241. The number of aryl methyl sites for hydroxylation is 1. The van der Waals surface area contributed by atoms with E-state index in [-0.39, 0.29) is 28.2 Å². The Balaban J connectivity index is 0.00000181. The fourth-order valence-electron chi connectivity index (χ4n) is 4.79. The third-order valence-corrected chi connectivity index (χ3v) is 6.46. The van der Waals surface area contributed by atoms with Crippen molar-refractivity contribution in [2.45, 2.75) is 32.4 Å². The second-order valence-corrected chi connectivity index (χ2v) is 9.61. The van der Waals surface area contributed by atoms with Crippen LogP contribution in [-0.2, 0) is 12.7 Å². The zero-order chi connectivity index (χ0) is 29.4. The summed E-state index contributed by atoms with van der Waals surface area (Å²) >= 11 is 0. The zero-order valence-electron chi connectivity index (χ0n) is 22.4. The highest BCUT2D eigenvalue weighted by Crippen LogP contribution is 2.40. The first-order chi connectivity index (χ1) is 19.0. The SMILES string of the molecule is CN.Cn1c(C(C)(C)F)nc2c(N3CCCC3)c(NC(=O)c3ccc(=O)n(-c4c(F)cccc4F)n3)cc(F)c21. The molecule has 13 heteroatoms. The molecule has 1 fully saturated rings. The molecule has 9 nitrogen and oxygen atoms in total. The van der Waals surface area contributed by atoms with Gasteiger partial charge in [0.05, 0.1) is 11.4 Å². The molecule has 0 radical (unpaired) electrons. The molecule has 212 valence electrons. The summed E-state index contributed by atoms with van der Waals surface area (Å²) in [7, 11) is 3.02. The van der Waals surface area contributed by atoms with Gasteiger partial charge in [-0.1, -0.05) is 6.07 Å². The summed E-state index contributed by atoms with van der Waals surface area (Å²) in [6, 6.07) is 6.22. The summed E-state index contributed by atoms with van der Waals surface area (Å²) < 4.78 is 60.7. The van der Waals surface area contributed by atoms with Crippen LogP contribution in [0.1, 0.15) is 43.0 Å². The number of nitrogens with one attached hydrogen (secondary N) is 1. The summed E-state index contributed by atoms with van der Waals surface area (Å²) in [5, 5.41) is 6.46. The number of para-hydroxylation sites is 1. The van der Waals surface area contributed by atoms with E-state index in [9.17, 15) is 22.8 Å². The van der Waals surface area contributed by atoms with Crippen LogP contribution in [0.3, 0.4) is 0 Å². The molecule has 40 heavy (non-hydrogen) atoms. The molecular formula is C27H29F4N7O2. The quantitative estimate of drug-likeness (QED) is 0.355. The maximum Gasteiger partial charge on any atom is 0.276 e. The fraction of sp³-hybridized carbons (Fsp3) is 0.333. The number of alkyl halides is 1. The van der Waals surface area contributed by atoms with Crippen LogP contribution in [0, 0.1) is 17.5 Å². The lowest BCUT2D eigenvalue weighted by Crippen LogP contribution is -2.27. The summed E-state index contributed by atoms with van der Waals surface area (Å²) in [5.41, 5.74) is 1.49. The van der Waals surface area contributed by atoms with Gasteiger partial charge in [-0.15, -0.1) is 0 Å². The molecule has 1 aliphatic rings. The number of rotatable bonds is 5. The molecule has 0 bridgehead atoms. The van der Waals surface area contributed by atoms with Crippen LogP contribution < -0.4 is 21.5 Å². The number of fused-ring (bicyclic) bond motifs is 1. The van der Waals surface area contributed by atoms with Crippen molar-refractivity contribution in [3.8, 4) is 5.69 Å². The van der Waals surface area contributed by atoms with E-state index in [0.29, 0.717) is 23.5 Å². The molecule has 3 heterocycles. The van der Waals surface area contributed by atoms with Gasteiger partial charge in [0.25, 0.3) is 11.5 Å². The highest BCUT2D eigenvalue weighted by Gasteiger charge is 2.31. The fourth-order valence-corrected chi connectivity index (χ4v) is 4.79. The van der Waals surface area contributed by atoms with E-state index in [2.05, 4.69) is 21.1 Å². The summed E-state index contributed by atoms with van der Waals surface area (Å²) in [5.74, 6) is -3.63. The number of halogens is 4. The number of anilines is 2. The maximum atomic E-state index is 15.4. The minimum atomic E-state index is -1.86. The highest BCUT2D eigenvalue weighted by atomic mass is 19.1. The standard InChI is InChI=1S/C26H24F4N6O2.CH5N/c1-26(2,30)25-32-20-22(34(25)3)16(29)13-18(23(20)35-11-4-5-12-35)31-24(38)17-9-10-19(37)36(33-17)21-14(27)7-6-8-15(21)28;1-2/h6-10,13H,4-5,11-12H2,1-3H3,(H,31,38);2H2,1H3. The Morgan fingerprint density at radius 3 is 2.23 bits per heavy atom. The van der Waals surface area contributed by atoms with Crippen LogP contribution in [0.4, 0.5) is 28.9 Å². The van der Waals surface area contributed by atoms with E-state index in [1.54, 1.807) is 0 Å². The Kier molecular flexibility index (Phi) is 7.96. The largest absolute Gasteiger partial charge is 0.368 e. The first-order valence-electron chi connectivity index (χ1n) is 12.5. The second kappa shape index (κ2) is 11.1. The summed E-state index contributed by atoms with van der Waals surface area (Å²) in [6.45, 7) is 3.88. The number of carbonyl (C=O) groups is 1. The lowest BCUT2D eigenvalue weighted by atomic mass is 10.1. The molecule has 1 saturated heterocycles. The van der Waals surface area contributed by atoms with E-state index in [4.69, 9.17) is 0 Å². The highest BCUT2D eigenvalue weighted by molar-refractivity contribution is 6.08. The Morgan fingerprint density at radius 1 is 1.00 bits per heavy atom. The van der Waals surface area contributed by atoms with Gasteiger partial charge in [0.15, 0.2) is 23.1 Å². The minimum Gasteiger partial charge on any atom is -0.368 e. The van der Waals surface area contributed by atoms with Gasteiger partial charge in [-0.05, 0) is 51.9 Å². The molecule has 0 saturated carbocycles. The van der Waals surface area contributed by atoms with Crippen LogP contribution >= 0.6 is 0 Å². The molecule has 5 rings (SSSR count). The average molecular weight is 560 g/mol. The number of amides is 1. The summed E-state index contributed by atoms with van der Waals surface area (Å²) in [6.07, 6.45) is 1.72. The number of aromatic nitrogens is 4.